The largest absolute Gasteiger partial charge is 0.388 e. The summed E-state index contributed by atoms with van der Waals surface area (Å²) in [4.78, 5) is 0. The summed E-state index contributed by atoms with van der Waals surface area (Å²) in [6, 6.07) is 26.5. The molecule has 44 heavy (non-hydrogen) atoms. The highest BCUT2D eigenvalue weighted by atomic mass is 16.5. The van der Waals surface area contributed by atoms with Crippen LogP contribution in [0, 0.1) is 0 Å². The van der Waals surface area contributed by atoms with Crippen molar-refractivity contribution in [3.8, 4) is 0 Å². The van der Waals surface area contributed by atoms with Crippen molar-refractivity contribution in [2.75, 3.05) is 27.4 Å². The molecule has 0 amide bonds. The zero-order valence-corrected chi connectivity index (χ0v) is 29.3. The lowest BCUT2D eigenvalue weighted by Crippen LogP contribution is -2.19. The molecule has 0 bridgehead atoms. The zero-order chi connectivity index (χ0) is 33.2. The molecule has 3 nitrogen and oxygen atoms in total. The van der Waals surface area contributed by atoms with E-state index in [1.54, 1.807) is 14.2 Å². The molecular formula is C41H60O3. The Morgan fingerprint density at radius 2 is 0.705 bits per heavy atom. The third-order valence-corrected chi connectivity index (χ3v) is 6.54. The van der Waals surface area contributed by atoms with Gasteiger partial charge in [0.1, 0.15) is 6.10 Å². The van der Waals surface area contributed by atoms with Gasteiger partial charge in [-0.2, -0.15) is 0 Å². The molecule has 2 aliphatic carbocycles. The molecule has 2 aliphatic rings. The van der Waals surface area contributed by atoms with Gasteiger partial charge < -0.3 is 14.6 Å². The van der Waals surface area contributed by atoms with Crippen LogP contribution in [0.1, 0.15) is 77.6 Å². The number of hydrogen-bond donors (Lipinski definition) is 1. The van der Waals surface area contributed by atoms with Crippen molar-refractivity contribution in [3.63, 3.8) is 0 Å². The lowest BCUT2D eigenvalue weighted by Gasteiger charge is -2.12. The Hall–Kier alpha value is -3.24. The van der Waals surface area contributed by atoms with E-state index in [0.717, 1.165) is 25.7 Å². The molecule has 6 rings (SSSR count). The smallest absolute Gasteiger partial charge is 0.101 e. The highest BCUT2D eigenvalue weighted by molar-refractivity contribution is 5.85. The Labute approximate surface area is 269 Å². The highest BCUT2D eigenvalue weighted by Gasteiger charge is 2.06. The van der Waals surface area contributed by atoms with E-state index in [2.05, 4.69) is 107 Å². The lowest BCUT2D eigenvalue weighted by molar-refractivity contribution is 0.00980. The van der Waals surface area contributed by atoms with Crippen molar-refractivity contribution in [2.45, 2.75) is 87.2 Å². The Morgan fingerprint density at radius 1 is 0.477 bits per heavy atom. The van der Waals surface area contributed by atoms with Crippen molar-refractivity contribution in [2.24, 2.45) is 0 Å². The number of allylic oxidation sites excluding steroid dienone is 4. The van der Waals surface area contributed by atoms with E-state index in [1.807, 2.05) is 55.4 Å². The topological polar surface area (TPSA) is 38.7 Å². The number of ether oxygens (including phenoxy) is 2. The summed E-state index contributed by atoms with van der Waals surface area (Å²) in [5, 5.41) is 14.2. The minimum atomic E-state index is -0.481. The predicted octanol–water partition coefficient (Wildman–Crippen LogP) is 10.7. The summed E-state index contributed by atoms with van der Waals surface area (Å²) in [7, 11) is 3.08. The summed E-state index contributed by atoms with van der Waals surface area (Å²) in [6.45, 7) is 16.7. The van der Waals surface area contributed by atoms with Crippen molar-refractivity contribution in [1.29, 1.82) is 0 Å². The predicted molar refractivity (Wildman–Crippen MR) is 196 cm³/mol. The van der Waals surface area contributed by atoms with Crippen LogP contribution in [0.5, 0.6) is 0 Å². The highest BCUT2D eigenvalue weighted by Crippen LogP contribution is 2.24. The summed E-state index contributed by atoms with van der Waals surface area (Å²) in [5.74, 6) is 0. The van der Waals surface area contributed by atoms with Gasteiger partial charge in [0.15, 0.2) is 0 Å². The first kappa shape index (κ1) is 40.8. The Kier molecular flexibility index (Phi) is 24.3. The average molecular weight is 601 g/mol. The van der Waals surface area contributed by atoms with Gasteiger partial charge in [0, 0.05) is 14.2 Å². The molecule has 3 heteroatoms. The molecule has 0 saturated heterocycles. The van der Waals surface area contributed by atoms with Gasteiger partial charge in [-0.15, -0.1) is 0 Å². The molecule has 0 fully saturated rings. The van der Waals surface area contributed by atoms with Gasteiger partial charge in [-0.3, -0.25) is 0 Å². The molecule has 0 unspecified atom stereocenters. The first-order chi connectivity index (χ1) is 21.7. The number of hydrogen-bond acceptors (Lipinski definition) is 3. The first-order valence-corrected chi connectivity index (χ1v) is 16.6. The van der Waals surface area contributed by atoms with Gasteiger partial charge in [-0.25, -0.2) is 0 Å². The molecule has 0 radical (unpaired) electrons. The molecule has 4 aromatic carbocycles. The summed E-state index contributed by atoms with van der Waals surface area (Å²) >= 11 is 0. The van der Waals surface area contributed by atoms with E-state index in [0.29, 0.717) is 13.2 Å². The van der Waals surface area contributed by atoms with Gasteiger partial charge in [-0.1, -0.05) is 152 Å². The average Bonchev–Trinajstić information content (AvgIpc) is 3.11. The Bertz CT molecular complexity index is 1140. The minimum absolute atomic E-state index is 0.341. The zero-order valence-electron chi connectivity index (χ0n) is 29.3. The SMILES string of the molecule is C1=CCc2cc3ccccc3cc2C1.C1=CCc2cc3ccccc3cc2C1.CC.CC.CC.CC.COCC(O)COC. The van der Waals surface area contributed by atoms with Crippen LogP contribution in [0.3, 0.4) is 0 Å². The van der Waals surface area contributed by atoms with E-state index in [-0.39, 0.29) is 0 Å². The van der Waals surface area contributed by atoms with Crippen molar-refractivity contribution in [3.05, 3.63) is 119 Å². The van der Waals surface area contributed by atoms with Gasteiger partial charge in [0.25, 0.3) is 0 Å². The third-order valence-electron chi connectivity index (χ3n) is 6.54. The third kappa shape index (κ3) is 14.0. The van der Waals surface area contributed by atoms with E-state index in [1.165, 1.54) is 43.8 Å². The van der Waals surface area contributed by atoms with Crippen LogP contribution < -0.4 is 0 Å². The van der Waals surface area contributed by atoms with E-state index in [4.69, 9.17) is 5.11 Å². The number of benzene rings is 4. The molecule has 4 aromatic rings. The molecular weight excluding hydrogens is 540 g/mol. The quantitative estimate of drug-likeness (QED) is 0.237. The van der Waals surface area contributed by atoms with Gasteiger partial charge in [-0.05, 0) is 69.5 Å². The number of aliphatic hydroxyl groups excluding tert-OH is 1. The van der Waals surface area contributed by atoms with E-state index < -0.39 is 6.10 Å². The van der Waals surface area contributed by atoms with Gasteiger partial charge in [0.2, 0.25) is 0 Å². The maximum absolute atomic E-state index is 8.80. The van der Waals surface area contributed by atoms with E-state index >= 15 is 0 Å². The standard InChI is InChI=1S/2C14H12.C5H12O3.4C2H6/c2*1-2-6-12-10-14-8-4-3-7-13(14)9-11(12)5-1;1-7-3-5(6)4-8-2;4*1-2/h2*1-6,9-10H,7-8H2;5-6H,3-4H2,1-2H3;4*1-2H3. The maximum Gasteiger partial charge on any atom is 0.101 e. The Morgan fingerprint density at radius 3 is 0.909 bits per heavy atom. The minimum Gasteiger partial charge on any atom is -0.388 e. The van der Waals surface area contributed by atoms with E-state index in [9.17, 15) is 0 Å². The lowest BCUT2D eigenvalue weighted by atomic mass is 9.93. The van der Waals surface area contributed by atoms with Crippen molar-refractivity contribution < 1.29 is 14.6 Å². The van der Waals surface area contributed by atoms with Crippen LogP contribution in [0.4, 0.5) is 0 Å². The molecule has 1 N–H and O–H groups in total. The van der Waals surface area contributed by atoms with Crippen LogP contribution >= 0.6 is 0 Å². The van der Waals surface area contributed by atoms with Crippen LogP contribution in [-0.4, -0.2) is 38.6 Å². The van der Waals surface area contributed by atoms with Crippen LogP contribution in [-0.2, 0) is 35.2 Å². The second kappa shape index (κ2) is 26.2. The number of fused-ring (bicyclic) bond motifs is 4. The van der Waals surface area contributed by atoms with Crippen molar-refractivity contribution >= 4 is 21.5 Å². The number of methoxy groups -OCH3 is 2. The monoisotopic (exact) mass is 600 g/mol. The Balaban J connectivity index is 0.000000583. The molecule has 0 aliphatic heterocycles. The van der Waals surface area contributed by atoms with Crippen LogP contribution in [0.15, 0.2) is 97.1 Å². The number of rotatable bonds is 4. The molecule has 0 heterocycles. The fourth-order valence-corrected chi connectivity index (χ4v) is 4.70. The molecule has 0 spiro atoms. The van der Waals surface area contributed by atoms with Gasteiger partial charge in [0.05, 0.1) is 13.2 Å². The second-order valence-electron chi connectivity index (χ2n) is 9.26. The normalized spacial score (nSPS) is 11.5. The fraction of sp³-hybridized carbons (Fsp3) is 0.415. The second-order valence-corrected chi connectivity index (χ2v) is 9.26. The van der Waals surface area contributed by atoms with Crippen molar-refractivity contribution in [1.82, 2.24) is 0 Å². The molecule has 0 aromatic heterocycles. The molecule has 0 atom stereocenters. The maximum atomic E-state index is 8.80. The van der Waals surface area contributed by atoms with Gasteiger partial charge >= 0.3 is 0 Å². The number of aliphatic hydroxyl groups is 1. The summed E-state index contributed by atoms with van der Waals surface area (Å²) in [6.07, 6.45) is 13.0. The summed E-state index contributed by atoms with van der Waals surface area (Å²) in [5.41, 5.74) is 5.97. The molecule has 242 valence electrons. The molecule has 0 saturated carbocycles. The summed E-state index contributed by atoms with van der Waals surface area (Å²) < 4.78 is 9.25. The van der Waals surface area contributed by atoms with Crippen LogP contribution in [0.25, 0.3) is 21.5 Å². The first-order valence-electron chi connectivity index (χ1n) is 16.6. The fourth-order valence-electron chi connectivity index (χ4n) is 4.70. The van der Waals surface area contributed by atoms with Crippen LogP contribution in [0.2, 0.25) is 0 Å².